The average molecular weight is 323 g/mol. The van der Waals surface area contributed by atoms with Crippen molar-refractivity contribution in [2.24, 2.45) is 7.05 Å². The summed E-state index contributed by atoms with van der Waals surface area (Å²) in [4.78, 5) is 0. The van der Waals surface area contributed by atoms with E-state index in [4.69, 9.17) is 4.74 Å². The predicted molar refractivity (Wildman–Crippen MR) is 93.9 cm³/mol. The largest absolute Gasteiger partial charge is 0.379 e. The van der Waals surface area contributed by atoms with Crippen LogP contribution in [0.4, 0.5) is 0 Å². The van der Waals surface area contributed by atoms with Crippen LogP contribution in [0, 0.1) is 0 Å². The van der Waals surface area contributed by atoms with Crippen molar-refractivity contribution in [1.29, 1.82) is 0 Å². The lowest BCUT2D eigenvalue weighted by molar-refractivity contribution is -0.0432. The number of nitrogens with one attached hydrogen (secondary N) is 2. The molecule has 0 spiro atoms. The fourth-order valence-electron chi connectivity index (χ4n) is 3.37. The summed E-state index contributed by atoms with van der Waals surface area (Å²) < 4.78 is 7.19. The Kier molecular flexibility index (Phi) is 3.67. The molecule has 2 unspecified atom stereocenters. The molecule has 124 valence electrons. The first kappa shape index (κ1) is 15.1. The molecule has 0 amide bonds. The average Bonchev–Trinajstić information content (AvgIpc) is 3.17. The van der Waals surface area contributed by atoms with Crippen LogP contribution < -0.4 is 10.6 Å². The second-order valence-corrected chi connectivity index (χ2v) is 6.25. The topological polar surface area (TPSA) is 58.5 Å². The Morgan fingerprint density at radius 2 is 2.21 bits per heavy atom. The number of aromatic nitrogens is 1. The van der Waals surface area contributed by atoms with E-state index in [2.05, 4.69) is 58.8 Å². The molecule has 0 radical (unpaired) electrons. The summed E-state index contributed by atoms with van der Waals surface area (Å²) in [7, 11) is 3.56. The molecular formula is C19H21N3O2. The van der Waals surface area contributed by atoms with E-state index >= 15 is 0 Å². The Bertz CT molecular complexity index is 876. The minimum absolute atomic E-state index is 0.0589. The van der Waals surface area contributed by atoms with Gasteiger partial charge in [0.1, 0.15) is 0 Å². The molecule has 0 saturated carbocycles. The van der Waals surface area contributed by atoms with Crippen molar-refractivity contribution in [3.8, 4) is 0 Å². The molecule has 2 aliphatic rings. The lowest BCUT2D eigenvalue weighted by Gasteiger charge is -2.22. The number of rotatable bonds is 4. The van der Waals surface area contributed by atoms with Crippen LogP contribution in [0.3, 0.4) is 0 Å². The highest BCUT2D eigenvalue weighted by Crippen LogP contribution is 2.26. The van der Waals surface area contributed by atoms with Gasteiger partial charge in [0.05, 0.1) is 11.7 Å². The van der Waals surface area contributed by atoms with Gasteiger partial charge in [-0.05, 0) is 41.4 Å². The Morgan fingerprint density at radius 3 is 3.04 bits per heavy atom. The van der Waals surface area contributed by atoms with Gasteiger partial charge >= 0.3 is 0 Å². The zero-order valence-electron chi connectivity index (χ0n) is 13.8. The number of hydrogen-bond donors (Lipinski definition) is 3. The minimum Gasteiger partial charge on any atom is -0.379 e. The maximum absolute atomic E-state index is 10.0. The van der Waals surface area contributed by atoms with Crippen LogP contribution in [0.1, 0.15) is 5.56 Å². The number of benzene rings is 1. The van der Waals surface area contributed by atoms with Crippen molar-refractivity contribution in [3.63, 3.8) is 0 Å². The number of aliphatic hydroxyl groups excluding tert-OH is 1. The summed E-state index contributed by atoms with van der Waals surface area (Å²) in [6, 6.07) is 8.73. The quantitative estimate of drug-likeness (QED) is 0.753. The van der Waals surface area contributed by atoms with E-state index in [9.17, 15) is 5.11 Å². The van der Waals surface area contributed by atoms with E-state index in [0.29, 0.717) is 0 Å². The third-order valence-corrected chi connectivity index (χ3v) is 4.66. The maximum Gasteiger partial charge on any atom is 0.182 e. The van der Waals surface area contributed by atoms with E-state index < -0.39 is 6.29 Å². The Morgan fingerprint density at radius 1 is 1.33 bits per heavy atom. The van der Waals surface area contributed by atoms with E-state index in [0.717, 1.165) is 23.4 Å². The van der Waals surface area contributed by atoms with Crippen LogP contribution in [0.15, 0.2) is 65.8 Å². The highest BCUT2D eigenvalue weighted by atomic mass is 16.6. The molecule has 0 fully saturated rings. The highest BCUT2D eigenvalue weighted by Gasteiger charge is 2.27. The predicted octanol–water partition coefficient (Wildman–Crippen LogP) is 1.91. The summed E-state index contributed by atoms with van der Waals surface area (Å²) in [5.74, 6) is 0. The van der Waals surface area contributed by atoms with Gasteiger partial charge < -0.3 is 25.0 Å². The molecule has 4 rings (SSSR count). The molecule has 3 heterocycles. The number of nitrogens with zero attached hydrogens (tertiary/aromatic N) is 1. The number of allylic oxidation sites excluding steroid dienone is 1. The Balaban J connectivity index is 1.59. The first-order valence-electron chi connectivity index (χ1n) is 8.05. The molecule has 24 heavy (non-hydrogen) atoms. The number of aryl methyl sites for hydroxylation is 1. The van der Waals surface area contributed by atoms with Gasteiger partial charge in [-0.2, -0.15) is 0 Å². The van der Waals surface area contributed by atoms with Crippen molar-refractivity contribution in [3.05, 3.63) is 71.3 Å². The minimum atomic E-state index is -0.916. The Hall–Kier alpha value is -2.50. The number of methoxy groups -OCH3 is 1. The van der Waals surface area contributed by atoms with Gasteiger partial charge in [-0.1, -0.05) is 12.1 Å². The van der Waals surface area contributed by atoms with E-state index in [1.165, 1.54) is 23.6 Å². The number of ether oxygens (including phenoxy) is 1. The Labute approximate surface area is 140 Å². The van der Waals surface area contributed by atoms with E-state index in [-0.39, 0.29) is 6.04 Å². The molecule has 2 aliphatic heterocycles. The molecule has 1 aromatic heterocycles. The standard InChI is InChI=1S/C19H21N3O2/c1-22-8-6-13-4-3-12(10-17(13)22)9-14-11-16-18(21-14)15(5-7-20-16)19(23)24-2/h3-8,10-11,16,19-21,23H,9H2,1-2H3. The van der Waals surface area contributed by atoms with Crippen LogP contribution in [-0.2, 0) is 18.2 Å². The number of hydrogen-bond acceptors (Lipinski definition) is 4. The summed E-state index contributed by atoms with van der Waals surface area (Å²) >= 11 is 0. The van der Waals surface area contributed by atoms with Crippen molar-refractivity contribution < 1.29 is 9.84 Å². The molecule has 2 atom stereocenters. The van der Waals surface area contributed by atoms with Gasteiger partial charge in [0.15, 0.2) is 6.29 Å². The number of fused-ring (bicyclic) bond motifs is 2. The zero-order valence-corrected chi connectivity index (χ0v) is 13.8. The molecule has 2 aromatic rings. The zero-order chi connectivity index (χ0) is 16.7. The molecule has 0 bridgehead atoms. The third-order valence-electron chi connectivity index (χ3n) is 4.66. The van der Waals surface area contributed by atoms with Crippen molar-refractivity contribution in [1.82, 2.24) is 15.2 Å². The van der Waals surface area contributed by atoms with Gasteiger partial charge in [0, 0.05) is 43.6 Å². The van der Waals surface area contributed by atoms with E-state index in [1.807, 2.05) is 12.3 Å². The SMILES string of the molecule is COC(O)C1=C2NC(Cc3ccc4ccn(C)c4c3)=CC2NC=C1. The first-order valence-corrected chi connectivity index (χ1v) is 8.05. The normalized spacial score (nSPS) is 20.6. The second kappa shape index (κ2) is 5.85. The fourth-order valence-corrected chi connectivity index (χ4v) is 3.37. The molecular weight excluding hydrogens is 302 g/mol. The smallest absolute Gasteiger partial charge is 0.182 e. The third kappa shape index (κ3) is 2.52. The fraction of sp³-hybridized carbons (Fsp3) is 0.263. The summed E-state index contributed by atoms with van der Waals surface area (Å²) in [5, 5.41) is 18.0. The second-order valence-electron chi connectivity index (χ2n) is 6.25. The number of aliphatic hydroxyl groups is 1. The van der Waals surface area contributed by atoms with Crippen molar-refractivity contribution in [2.45, 2.75) is 18.8 Å². The maximum atomic E-state index is 10.0. The molecule has 3 N–H and O–H groups in total. The van der Waals surface area contributed by atoms with Gasteiger partial charge in [0.25, 0.3) is 0 Å². The van der Waals surface area contributed by atoms with Crippen LogP contribution in [0.2, 0.25) is 0 Å². The molecule has 5 heteroatoms. The van der Waals surface area contributed by atoms with Gasteiger partial charge in [-0.25, -0.2) is 0 Å². The monoisotopic (exact) mass is 323 g/mol. The van der Waals surface area contributed by atoms with Crippen LogP contribution >= 0.6 is 0 Å². The summed E-state index contributed by atoms with van der Waals surface area (Å²) in [6.45, 7) is 0. The van der Waals surface area contributed by atoms with Crippen LogP contribution in [0.25, 0.3) is 10.9 Å². The number of dihydropyridines is 1. The summed E-state index contributed by atoms with van der Waals surface area (Å²) in [6.07, 6.45) is 7.84. The van der Waals surface area contributed by atoms with Crippen LogP contribution in [0.5, 0.6) is 0 Å². The highest BCUT2D eigenvalue weighted by molar-refractivity contribution is 5.80. The first-order chi connectivity index (χ1) is 11.7. The van der Waals surface area contributed by atoms with Gasteiger partial charge in [-0.15, -0.1) is 0 Å². The van der Waals surface area contributed by atoms with Gasteiger partial charge in [0.2, 0.25) is 0 Å². The van der Waals surface area contributed by atoms with Crippen molar-refractivity contribution >= 4 is 10.9 Å². The molecule has 5 nitrogen and oxygen atoms in total. The summed E-state index contributed by atoms with van der Waals surface area (Å²) in [5.41, 5.74) is 5.34. The van der Waals surface area contributed by atoms with Crippen LogP contribution in [-0.4, -0.2) is 29.1 Å². The molecule has 0 saturated heterocycles. The van der Waals surface area contributed by atoms with Gasteiger partial charge in [-0.3, -0.25) is 0 Å². The molecule has 0 aliphatic carbocycles. The lowest BCUT2D eigenvalue weighted by Crippen LogP contribution is -2.32. The molecule has 1 aromatic carbocycles. The van der Waals surface area contributed by atoms with Crippen molar-refractivity contribution in [2.75, 3.05) is 7.11 Å². The van der Waals surface area contributed by atoms with E-state index in [1.54, 1.807) is 0 Å². The lowest BCUT2D eigenvalue weighted by atomic mass is 10.1.